The maximum atomic E-state index is 10.3. The van der Waals surface area contributed by atoms with Crippen molar-refractivity contribution in [1.82, 2.24) is 0 Å². The third-order valence-corrected chi connectivity index (χ3v) is 3.09. The van der Waals surface area contributed by atoms with Gasteiger partial charge in [-0.1, -0.05) is 49.8 Å². The lowest BCUT2D eigenvalue weighted by Crippen LogP contribution is -2.02. The summed E-state index contributed by atoms with van der Waals surface area (Å²) in [6.07, 6.45) is 19.8. The number of hydrogen-bond acceptors (Lipinski definition) is 2. The van der Waals surface area contributed by atoms with Gasteiger partial charge in [0, 0.05) is 6.42 Å². The van der Waals surface area contributed by atoms with Crippen molar-refractivity contribution in [3.63, 3.8) is 0 Å². The number of hydrogen-bond donors (Lipinski definition) is 2. The molecule has 1 atom stereocenters. The van der Waals surface area contributed by atoms with E-state index in [1.165, 1.54) is 0 Å². The Kier molecular flexibility index (Phi) is 14.1. The van der Waals surface area contributed by atoms with E-state index in [-0.39, 0.29) is 12.5 Å². The average molecular weight is 294 g/mol. The van der Waals surface area contributed by atoms with Crippen LogP contribution in [0.15, 0.2) is 36.5 Å². The second kappa shape index (κ2) is 15.0. The van der Waals surface area contributed by atoms with E-state index in [2.05, 4.69) is 37.3 Å². The molecule has 0 fully saturated rings. The molecule has 0 spiro atoms. The minimum atomic E-state index is -0.711. The van der Waals surface area contributed by atoms with Gasteiger partial charge in [-0.05, 0) is 44.9 Å². The van der Waals surface area contributed by atoms with Crippen LogP contribution in [0.25, 0.3) is 0 Å². The molecule has 0 saturated carbocycles. The molecule has 3 heteroatoms. The predicted octanol–water partition coefficient (Wildman–Crippen LogP) is 4.63. The summed E-state index contributed by atoms with van der Waals surface area (Å²) in [7, 11) is 0. The van der Waals surface area contributed by atoms with Crippen molar-refractivity contribution in [2.45, 2.75) is 70.8 Å². The molecule has 0 aliphatic rings. The van der Waals surface area contributed by atoms with E-state index in [0.717, 1.165) is 51.4 Å². The van der Waals surface area contributed by atoms with Crippen molar-refractivity contribution in [3.05, 3.63) is 36.5 Å². The molecule has 0 aliphatic carbocycles. The molecular formula is C18H30O3. The van der Waals surface area contributed by atoms with Crippen molar-refractivity contribution < 1.29 is 15.0 Å². The molecule has 1 unspecified atom stereocenters. The van der Waals surface area contributed by atoms with Crippen LogP contribution in [0.3, 0.4) is 0 Å². The Labute approximate surface area is 129 Å². The number of carbonyl (C=O) groups is 1. The highest BCUT2D eigenvalue weighted by Crippen LogP contribution is 2.03. The third kappa shape index (κ3) is 16.6. The maximum absolute atomic E-state index is 10.3. The zero-order valence-electron chi connectivity index (χ0n) is 13.2. The average Bonchev–Trinajstić information content (AvgIpc) is 2.44. The zero-order valence-corrected chi connectivity index (χ0v) is 13.2. The minimum Gasteiger partial charge on any atom is -0.481 e. The maximum Gasteiger partial charge on any atom is 0.303 e. The van der Waals surface area contributed by atoms with Crippen LogP contribution in [-0.4, -0.2) is 22.3 Å². The molecule has 0 aromatic rings. The van der Waals surface area contributed by atoms with Gasteiger partial charge in [-0.25, -0.2) is 0 Å². The Morgan fingerprint density at radius 1 is 1.00 bits per heavy atom. The zero-order chi connectivity index (χ0) is 15.8. The van der Waals surface area contributed by atoms with Crippen molar-refractivity contribution in [2.75, 3.05) is 0 Å². The van der Waals surface area contributed by atoms with Crippen molar-refractivity contribution in [3.8, 4) is 0 Å². The summed E-state index contributed by atoms with van der Waals surface area (Å²) in [6.45, 7) is 2.08. The second-order valence-corrected chi connectivity index (χ2v) is 5.20. The minimum absolute atomic E-state index is 0.195. The number of aliphatic hydroxyl groups excluding tert-OH is 1. The quantitative estimate of drug-likeness (QED) is 0.384. The van der Waals surface area contributed by atoms with Gasteiger partial charge in [0.2, 0.25) is 0 Å². The molecule has 0 aliphatic heterocycles. The van der Waals surface area contributed by atoms with Crippen LogP contribution in [0.4, 0.5) is 0 Å². The molecule has 2 N–H and O–H groups in total. The first kappa shape index (κ1) is 19.7. The molecule has 120 valence electrons. The lowest BCUT2D eigenvalue weighted by atomic mass is 10.1. The summed E-state index contributed by atoms with van der Waals surface area (Å²) < 4.78 is 0. The smallest absolute Gasteiger partial charge is 0.303 e. The summed E-state index contributed by atoms with van der Waals surface area (Å²) in [5.41, 5.74) is 0. The van der Waals surface area contributed by atoms with Gasteiger partial charge in [0.25, 0.3) is 0 Å². The molecule has 3 nitrogen and oxygen atoms in total. The van der Waals surface area contributed by atoms with Gasteiger partial charge in [0.15, 0.2) is 0 Å². The lowest BCUT2D eigenvalue weighted by Gasteiger charge is -2.03. The molecule has 21 heavy (non-hydrogen) atoms. The largest absolute Gasteiger partial charge is 0.481 e. The van der Waals surface area contributed by atoms with Gasteiger partial charge in [-0.15, -0.1) is 0 Å². The molecular weight excluding hydrogens is 264 g/mol. The molecule has 0 radical (unpaired) electrons. The van der Waals surface area contributed by atoms with E-state index >= 15 is 0 Å². The molecule has 0 amide bonds. The molecule has 0 rings (SSSR count). The number of carboxylic acids is 1. The number of allylic oxidation sites excluding steroid dienone is 5. The van der Waals surface area contributed by atoms with Gasteiger partial charge < -0.3 is 10.2 Å². The Morgan fingerprint density at radius 2 is 1.62 bits per heavy atom. The van der Waals surface area contributed by atoms with E-state index in [4.69, 9.17) is 5.11 Å². The van der Waals surface area contributed by atoms with Crippen LogP contribution in [0.2, 0.25) is 0 Å². The van der Waals surface area contributed by atoms with Crippen LogP contribution in [0.1, 0.15) is 64.7 Å². The number of aliphatic carboxylic acids is 1. The fourth-order valence-corrected chi connectivity index (χ4v) is 1.90. The molecule has 0 bridgehead atoms. The van der Waals surface area contributed by atoms with Crippen molar-refractivity contribution in [2.24, 2.45) is 0 Å². The Hall–Kier alpha value is -1.35. The first-order chi connectivity index (χ1) is 10.2. The van der Waals surface area contributed by atoms with E-state index in [1.54, 1.807) is 0 Å². The highest BCUT2D eigenvalue weighted by atomic mass is 16.4. The summed E-state index contributed by atoms with van der Waals surface area (Å²) >= 11 is 0. The summed E-state index contributed by atoms with van der Waals surface area (Å²) in [4.78, 5) is 10.3. The highest BCUT2D eigenvalue weighted by Gasteiger charge is 1.97. The van der Waals surface area contributed by atoms with Crippen molar-refractivity contribution >= 4 is 5.97 Å². The number of rotatable bonds is 13. The standard InChI is InChI=1S/C18H30O3/c1-2-14-17(19)15-12-10-8-6-4-3-5-7-9-11-13-16-18(20)21/h4-7,10,12,17,19H,2-3,8-9,11,13-16H2,1H3,(H,20,21)/b6-4-,7-5-,12-10-. The van der Waals surface area contributed by atoms with E-state index in [9.17, 15) is 9.90 Å². The third-order valence-electron chi connectivity index (χ3n) is 3.09. The van der Waals surface area contributed by atoms with Crippen molar-refractivity contribution in [1.29, 1.82) is 0 Å². The van der Waals surface area contributed by atoms with Gasteiger partial charge in [0.1, 0.15) is 0 Å². The predicted molar refractivity (Wildman–Crippen MR) is 88.3 cm³/mol. The summed E-state index contributed by atoms with van der Waals surface area (Å²) in [6, 6.07) is 0. The lowest BCUT2D eigenvalue weighted by molar-refractivity contribution is -0.137. The van der Waals surface area contributed by atoms with Crippen LogP contribution < -0.4 is 0 Å². The fraction of sp³-hybridized carbons (Fsp3) is 0.611. The molecule has 0 heterocycles. The van der Waals surface area contributed by atoms with E-state index < -0.39 is 5.97 Å². The fourth-order valence-electron chi connectivity index (χ4n) is 1.90. The summed E-state index contributed by atoms with van der Waals surface area (Å²) in [5, 5.41) is 18.0. The van der Waals surface area contributed by atoms with Gasteiger partial charge >= 0.3 is 5.97 Å². The van der Waals surface area contributed by atoms with Crippen LogP contribution in [-0.2, 0) is 4.79 Å². The first-order valence-electron chi connectivity index (χ1n) is 8.01. The first-order valence-corrected chi connectivity index (χ1v) is 8.01. The Balaban J connectivity index is 3.43. The Morgan fingerprint density at radius 3 is 2.24 bits per heavy atom. The number of carboxylic acid groups (broad SMARTS) is 1. The normalized spacial score (nSPS) is 13.6. The monoisotopic (exact) mass is 294 g/mol. The van der Waals surface area contributed by atoms with Crippen LogP contribution in [0.5, 0.6) is 0 Å². The van der Waals surface area contributed by atoms with Gasteiger partial charge in [-0.2, -0.15) is 0 Å². The number of aliphatic hydroxyl groups is 1. The van der Waals surface area contributed by atoms with Crippen LogP contribution >= 0.6 is 0 Å². The number of unbranched alkanes of at least 4 members (excludes halogenated alkanes) is 2. The highest BCUT2D eigenvalue weighted by molar-refractivity contribution is 5.66. The Bertz CT molecular complexity index is 329. The van der Waals surface area contributed by atoms with Gasteiger partial charge in [-0.3, -0.25) is 4.79 Å². The van der Waals surface area contributed by atoms with Gasteiger partial charge in [0.05, 0.1) is 6.10 Å². The topological polar surface area (TPSA) is 57.5 Å². The van der Waals surface area contributed by atoms with Crippen LogP contribution in [0, 0.1) is 0 Å². The molecule has 0 aromatic heterocycles. The van der Waals surface area contributed by atoms with E-state index in [1.807, 2.05) is 6.08 Å². The summed E-state index contributed by atoms with van der Waals surface area (Å²) in [5.74, 6) is -0.711. The SMILES string of the molecule is CCCC(O)C/C=C\C/C=C\C/C=C\CCCCC(=O)O. The van der Waals surface area contributed by atoms with E-state index in [0.29, 0.717) is 0 Å². The second-order valence-electron chi connectivity index (χ2n) is 5.20. The molecule has 0 saturated heterocycles. The molecule has 0 aromatic carbocycles.